The minimum absolute atomic E-state index is 0.203. The maximum atomic E-state index is 13.3. The summed E-state index contributed by atoms with van der Waals surface area (Å²) in [5.41, 5.74) is 1.38. The smallest absolute Gasteiger partial charge is 0.263 e. The number of hydrogen-bond donors (Lipinski definition) is 0. The van der Waals surface area contributed by atoms with Crippen molar-refractivity contribution < 1.29 is 13.6 Å². The molecule has 2 heterocycles. The van der Waals surface area contributed by atoms with Crippen LogP contribution in [0.15, 0.2) is 59.7 Å². The molecular formula is C21H14F2N2O2S. The highest BCUT2D eigenvalue weighted by Gasteiger charge is 2.18. The Kier molecular flexibility index (Phi) is 4.60. The van der Waals surface area contributed by atoms with Gasteiger partial charge in [0.15, 0.2) is 5.78 Å². The van der Waals surface area contributed by atoms with Crippen LogP contribution < -0.4 is 5.56 Å². The van der Waals surface area contributed by atoms with E-state index in [0.29, 0.717) is 26.9 Å². The Bertz CT molecular complexity index is 1240. The van der Waals surface area contributed by atoms with E-state index >= 15 is 0 Å². The molecule has 4 rings (SSSR count). The third-order valence-corrected chi connectivity index (χ3v) is 5.48. The zero-order valence-electron chi connectivity index (χ0n) is 14.8. The molecule has 4 aromatic rings. The van der Waals surface area contributed by atoms with Crippen LogP contribution in [0, 0.1) is 18.6 Å². The fourth-order valence-corrected chi connectivity index (χ4v) is 4.10. The molecule has 0 aliphatic carbocycles. The van der Waals surface area contributed by atoms with Crippen LogP contribution in [-0.2, 0) is 6.54 Å². The number of aromatic nitrogens is 2. The van der Waals surface area contributed by atoms with Gasteiger partial charge in [0, 0.05) is 16.0 Å². The second-order valence-electron chi connectivity index (χ2n) is 6.33. The maximum absolute atomic E-state index is 13.3. The topological polar surface area (TPSA) is 52.0 Å². The highest BCUT2D eigenvalue weighted by Crippen LogP contribution is 2.35. The zero-order valence-corrected chi connectivity index (χ0v) is 15.6. The fraction of sp³-hybridized carbons (Fsp3) is 0.0952. The Hall–Kier alpha value is -3.19. The molecule has 0 unspecified atom stereocenters. The third-order valence-electron chi connectivity index (χ3n) is 4.47. The van der Waals surface area contributed by atoms with Gasteiger partial charge in [-0.05, 0) is 48.9 Å². The van der Waals surface area contributed by atoms with Crippen LogP contribution >= 0.6 is 11.3 Å². The zero-order chi connectivity index (χ0) is 19.8. The molecule has 0 aliphatic rings. The number of thiophene rings is 1. The monoisotopic (exact) mass is 396 g/mol. The van der Waals surface area contributed by atoms with E-state index in [2.05, 4.69) is 4.98 Å². The van der Waals surface area contributed by atoms with Crippen molar-refractivity contribution in [3.05, 3.63) is 87.3 Å². The molecular weight excluding hydrogens is 382 g/mol. The molecule has 0 N–H and O–H groups in total. The number of fused-ring (bicyclic) bond motifs is 1. The number of rotatable bonds is 4. The molecule has 0 spiro atoms. The standard InChI is InChI=1S/C21H14F2N2O2S/c1-12-18(14-4-8-16(23)9-5-14)19-20(28-12)24-11-25(21(19)27)10-17(26)13-2-6-15(22)7-3-13/h2-9,11H,10H2,1H3. The van der Waals surface area contributed by atoms with Gasteiger partial charge in [0.25, 0.3) is 5.56 Å². The molecule has 0 amide bonds. The fourth-order valence-electron chi connectivity index (χ4n) is 3.10. The quantitative estimate of drug-likeness (QED) is 0.474. The van der Waals surface area contributed by atoms with Gasteiger partial charge in [-0.25, -0.2) is 13.8 Å². The lowest BCUT2D eigenvalue weighted by Gasteiger charge is -2.06. The number of benzene rings is 2. The van der Waals surface area contributed by atoms with Crippen LogP contribution in [0.5, 0.6) is 0 Å². The van der Waals surface area contributed by atoms with Crippen molar-refractivity contribution in [3.63, 3.8) is 0 Å². The predicted octanol–water partition coefficient (Wildman–Crippen LogP) is 4.59. The number of aryl methyl sites for hydroxylation is 1. The Balaban J connectivity index is 1.79. The van der Waals surface area contributed by atoms with E-state index < -0.39 is 5.82 Å². The van der Waals surface area contributed by atoms with Crippen molar-refractivity contribution in [2.45, 2.75) is 13.5 Å². The average Bonchev–Trinajstić information content (AvgIpc) is 3.02. The molecule has 0 atom stereocenters. The average molecular weight is 396 g/mol. The Morgan fingerprint density at radius 2 is 1.64 bits per heavy atom. The second kappa shape index (κ2) is 7.09. The summed E-state index contributed by atoms with van der Waals surface area (Å²) in [5, 5.41) is 0.406. The third kappa shape index (κ3) is 3.25. The molecule has 0 bridgehead atoms. The van der Waals surface area contributed by atoms with E-state index in [4.69, 9.17) is 0 Å². The summed E-state index contributed by atoms with van der Waals surface area (Å²) in [4.78, 5) is 31.3. The maximum Gasteiger partial charge on any atom is 0.263 e. The lowest BCUT2D eigenvalue weighted by molar-refractivity contribution is 0.0970. The van der Waals surface area contributed by atoms with Crippen molar-refractivity contribution in [1.82, 2.24) is 9.55 Å². The van der Waals surface area contributed by atoms with Crippen LogP contribution in [-0.4, -0.2) is 15.3 Å². The van der Waals surface area contributed by atoms with Gasteiger partial charge in [0.05, 0.1) is 18.3 Å². The summed E-state index contributed by atoms with van der Waals surface area (Å²) in [6.07, 6.45) is 1.34. The first-order valence-electron chi connectivity index (χ1n) is 8.47. The van der Waals surface area contributed by atoms with Crippen LogP contribution in [0.4, 0.5) is 8.78 Å². The summed E-state index contributed by atoms with van der Waals surface area (Å²) in [7, 11) is 0. The number of halogens is 2. The summed E-state index contributed by atoms with van der Waals surface area (Å²) < 4.78 is 27.6. The van der Waals surface area contributed by atoms with Crippen LogP contribution in [0.25, 0.3) is 21.3 Å². The van der Waals surface area contributed by atoms with Crippen molar-refractivity contribution in [1.29, 1.82) is 0 Å². The van der Waals surface area contributed by atoms with E-state index in [1.807, 2.05) is 6.92 Å². The largest absolute Gasteiger partial charge is 0.292 e. The molecule has 0 saturated heterocycles. The van der Waals surface area contributed by atoms with Crippen molar-refractivity contribution in [2.24, 2.45) is 0 Å². The lowest BCUT2D eigenvalue weighted by Crippen LogP contribution is -2.24. The van der Waals surface area contributed by atoms with Crippen molar-refractivity contribution in [2.75, 3.05) is 0 Å². The summed E-state index contributed by atoms with van der Waals surface area (Å²) in [6, 6.07) is 11.1. The van der Waals surface area contributed by atoms with Gasteiger partial charge >= 0.3 is 0 Å². The molecule has 28 heavy (non-hydrogen) atoms. The van der Waals surface area contributed by atoms with E-state index in [9.17, 15) is 18.4 Å². The molecule has 0 saturated carbocycles. The Morgan fingerprint density at radius 3 is 2.29 bits per heavy atom. The predicted molar refractivity (Wildman–Crippen MR) is 105 cm³/mol. The summed E-state index contributed by atoms with van der Waals surface area (Å²) in [6.45, 7) is 1.67. The summed E-state index contributed by atoms with van der Waals surface area (Å²) >= 11 is 1.37. The van der Waals surface area contributed by atoms with Gasteiger partial charge in [-0.1, -0.05) is 12.1 Å². The molecule has 4 nitrogen and oxygen atoms in total. The number of nitrogens with zero attached hydrogens (tertiary/aromatic N) is 2. The SMILES string of the molecule is Cc1sc2ncn(CC(=O)c3ccc(F)cc3)c(=O)c2c1-c1ccc(F)cc1. The number of ketones is 1. The van der Waals surface area contributed by atoms with Crippen LogP contribution in [0.1, 0.15) is 15.2 Å². The molecule has 0 aliphatic heterocycles. The first-order valence-corrected chi connectivity index (χ1v) is 9.29. The second-order valence-corrected chi connectivity index (χ2v) is 7.53. The number of carbonyl (C=O) groups excluding carboxylic acids is 1. The number of Topliss-reactive ketones (excluding diaryl/α,β-unsaturated/α-hetero) is 1. The Labute approximate surface area is 162 Å². The minimum Gasteiger partial charge on any atom is -0.292 e. The molecule has 0 fully saturated rings. The molecule has 7 heteroatoms. The van der Waals surface area contributed by atoms with Gasteiger partial charge < -0.3 is 0 Å². The van der Waals surface area contributed by atoms with Gasteiger partial charge in [-0.3, -0.25) is 14.2 Å². The highest BCUT2D eigenvalue weighted by molar-refractivity contribution is 7.19. The van der Waals surface area contributed by atoms with Gasteiger partial charge in [-0.15, -0.1) is 11.3 Å². The first kappa shape index (κ1) is 18.2. The highest BCUT2D eigenvalue weighted by atomic mass is 32.1. The van der Waals surface area contributed by atoms with E-state index in [1.165, 1.54) is 58.6 Å². The van der Waals surface area contributed by atoms with Crippen molar-refractivity contribution in [3.8, 4) is 11.1 Å². The van der Waals surface area contributed by atoms with Gasteiger partial charge in [0.2, 0.25) is 0 Å². The summed E-state index contributed by atoms with van der Waals surface area (Å²) in [5.74, 6) is -1.12. The molecule has 140 valence electrons. The number of hydrogen-bond acceptors (Lipinski definition) is 4. The molecule has 2 aromatic carbocycles. The minimum atomic E-state index is -0.436. The van der Waals surface area contributed by atoms with E-state index in [-0.39, 0.29) is 23.7 Å². The van der Waals surface area contributed by atoms with Crippen LogP contribution in [0.2, 0.25) is 0 Å². The van der Waals surface area contributed by atoms with E-state index in [0.717, 1.165) is 4.88 Å². The normalized spacial score (nSPS) is 11.1. The first-order chi connectivity index (χ1) is 13.4. The van der Waals surface area contributed by atoms with Gasteiger partial charge in [-0.2, -0.15) is 0 Å². The van der Waals surface area contributed by atoms with Gasteiger partial charge in [0.1, 0.15) is 16.5 Å². The van der Waals surface area contributed by atoms with Crippen molar-refractivity contribution >= 4 is 27.3 Å². The Morgan fingerprint density at radius 1 is 1.04 bits per heavy atom. The molecule has 2 aromatic heterocycles. The van der Waals surface area contributed by atoms with Crippen LogP contribution in [0.3, 0.4) is 0 Å². The molecule has 0 radical (unpaired) electrons. The lowest BCUT2D eigenvalue weighted by atomic mass is 10.0. The number of carbonyl (C=O) groups is 1. The van der Waals surface area contributed by atoms with E-state index in [1.54, 1.807) is 12.1 Å².